The molecule has 66 heavy (non-hydrogen) atoms. The van der Waals surface area contributed by atoms with Gasteiger partial charge in [0.1, 0.15) is 41.3 Å². The highest BCUT2D eigenvalue weighted by Gasteiger charge is 2.39. The summed E-state index contributed by atoms with van der Waals surface area (Å²) in [5.74, 6) is -1.41. The first-order chi connectivity index (χ1) is 32.0. The predicted octanol–water partition coefficient (Wildman–Crippen LogP) is 4.69. The fraction of sp³-hybridized carbons (Fsp3) is 0.312. The van der Waals surface area contributed by atoms with Crippen LogP contribution in [0.2, 0.25) is 0 Å². The third-order valence-electron chi connectivity index (χ3n) is 13.1. The van der Waals surface area contributed by atoms with Crippen molar-refractivity contribution in [1.29, 1.82) is 0 Å². The zero-order valence-corrected chi connectivity index (χ0v) is 36.2. The Morgan fingerprint density at radius 2 is 1.70 bits per heavy atom. The third-order valence-corrected chi connectivity index (χ3v) is 13.1. The van der Waals surface area contributed by atoms with Crippen molar-refractivity contribution in [3.05, 3.63) is 119 Å². The highest BCUT2D eigenvalue weighted by Crippen LogP contribution is 2.35. The molecule has 0 spiro atoms. The van der Waals surface area contributed by atoms with E-state index in [1.807, 2.05) is 42.5 Å². The van der Waals surface area contributed by atoms with E-state index in [1.54, 1.807) is 15.6 Å². The van der Waals surface area contributed by atoms with Crippen LogP contribution in [0.1, 0.15) is 51.1 Å². The van der Waals surface area contributed by atoms with E-state index in [2.05, 4.69) is 41.4 Å². The number of fused-ring (bicyclic) bond motifs is 2. The first-order valence-corrected chi connectivity index (χ1v) is 22.0. The number of imide groups is 1. The normalized spacial score (nSPS) is 18.8. The van der Waals surface area contributed by atoms with Gasteiger partial charge in [0, 0.05) is 88.2 Å². The molecule has 0 saturated carbocycles. The molecule has 4 aromatic carbocycles. The summed E-state index contributed by atoms with van der Waals surface area (Å²) in [4.78, 5) is 67.4. The van der Waals surface area contributed by atoms with Crippen LogP contribution in [0.25, 0.3) is 28.0 Å². The average molecular weight is 896 g/mol. The predicted molar refractivity (Wildman–Crippen MR) is 242 cm³/mol. The minimum Gasteiger partial charge on any atom is -0.496 e. The molecule has 10 rings (SSSR count). The molecule has 0 bridgehead atoms. The lowest BCUT2D eigenvalue weighted by atomic mass is 10.0. The number of rotatable bonds is 11. The summed E-state index contributed by atoms with van der Waals surface area (Å²) in [6.45, 7) is 6.32. The van der Waals surface area contributed by atoms with Crippen LogP contribution in [0.3, 0.4) is 0 Å². The lowest BCUT2D eigenvalue weighted by molar-refractivity contribution is -0.136. The standard InChI is InChI=1S/C48H47F2N11O5/c1-66-40-12-6-32(49)21-36(40)46(63)52-23-28-2-4-30(5-3-28)43-42-44(51)53-27-54-45(42)61(56-43)34-8-10-38(37(50)22-34)59-15-14-29(25-59)24-57-16-18-58(19-17-57)33-7-9-35-31(20-33)26-60(48(35)65)39-11-13-41(62)55-47(39)64/h2-10,12,20-22,27,29,39H,11,13-19,23-26H2,1H3,(H,52,63)(H2,51,53,54)(H,55,62,64)/t29?,39-/m0/s1. The number of carbonyl (C=O) groups is 4. The van der Waals surface area contributed by atoms with Crippen molar-refractivity contribution in [3.63, 3.8) is 0 Å². The topological polar surface area (TPSA) is 184 Å². The van der Waals surface area contributed by atoms with Gasteiger partial charge in [-0.15, -0.1) is 0 Å². The van der Waals surface area contributed by atoms with E-state index in [0.717, 1.165) is 75.1 Å². The maximum atomic E-state index is 16.1. The number of methoxy groups -OCH3 is 1. The van der Waals surface area contributed by atoms with Crippen LogP contribution >= 0.6 is 0 Å². The molecule has 4 N–H and O–H groups in total. The number of ether oxygens (including phenoxy) is 1. The second kappa shape index (κ2) is 17.5. The number of nitrogens with one attached hydrogen (secondary N) is 2. The van der Waals surface area contributed by atoms with E-state index in [9.17, 15) is 23.6 Å². The maximum Gasteiger partial charge on any atom is 0.255 e. The number of nitrogens with zero attached hydrogens (tertiary/aromatic N) is 8. The molecule has 16 nitrogen and oxygen atoms in total. The van der Waals surface area contributed by atoms with E-state index >= 15 is 4.39 Å². The van der Waals surface area contributed by atoms with Crippen molar-refractivity contribution in [2.24, 2.45) is 5.92 Å². The van der Waals surface area contributed by atoms with E-state index in [-0.39, 0.29) is 47.7 Å². The first-order valence-electron chi connectivity index (χ1n) is 22.0. The summed E-state index contributed by atoms with van der Waals surface area (Å²) < 4.78 is 36.8. The Morgan fingerprint density at radius 3 is 2.47 bits per heavy atom. The van der Waals surface area contributed by atoms with Crippen LogP contribution in [0, 0.1) is 17.6 Å². The highest BCUT2D eigenvalue weighted by atomic mass is 19.1. The molecule has 3 fully saturated rings. The molecule has 4 amide bonds. The van der Waals surface area contributed by atoms with Crippen LogP contribution < -0.4 is 30.9 Å². The summed E-state index contributed by atoms with van der Waals surface area (Å²) in [5, 5.41) is 10.5. The number of benzene rings is 4. The van der Waals surface area contributed by atoms with Gasteiger partial charge >= 0.3 is 0 Å². The molecule has 2 atom stereocenters. The number of amides is 4. The number of hydrogen-bond acceptors (Lipinski definition) is 12. The minimum absolute atomic E-state index is 0.0948. The number of halogens is 2. The number of anilines is 3. The Hall–Kier alpha value is -7.47. The Morgan fingerprint density at radius 1 is 0.894 bits per heavy atom. The number of nitrogen functional groups attached to an aromatic ring is 1. The number of aromatic nitrogens is 4. The van der Waals surface area contributed by atoms with Gasteiger partial charge in [0.25, 0.3) is 11.8 Å². The number of hydrogen-bond donors (Lipinski definition) is 3. The summed E-state index contributed by atoms with van der Waals surface area (Å²) in [7, 11) is 1.42. The van der Waals surface area contributed by atoms with Gasteiger partial charge in [-0.2, -0.15) is 5.10 Å². The Balaban J connectivity index is 0.758. The maximum absolute atomic E-state index is 16.1. The van der Waals surface area contributed by atoms with Gasteiger partial charge in [-0.3, -0.25) is 29.4 Å². The van der Waals surface area contributed by atoms with Crippen molar-refractivity contribution < 1.29 is 32.7 Å². The molecule has 1 unspecified atom stereocenters. The van der Waals surface area contributed by atoms with Gasteiger partial charge in [0.2, 0.25) is 11.8 Å². The number of nitrogens with two attached hydrogens (primary N) is 1. The fourth-order valence-corrected chi connectivity index (χ4v) is 9.67. The van der Waals surface area contributed by atoms with Crippen molar-refractivity contribution in [2.45, 2.75) is 38.4 Å². The lowest BCUT2D eigenvalue weighted by Gasteiger charge is -2.37. The van der Waals surface area contributed by atoms with Crippen molar-refractivity contribution in [3.8, 4) is 22.7 Å². The van der Waals surface area contributed by atoms with Crippen LogP contribution in [0.5, 0.6) is 5.75 Å². The Bertz CT molecular complexity index is 2900. The summed E-state index contributed by atoms with van der Waals surface area (Å²) in [6, 6.07) is 21.5. The van der Waals surface area contributed by atoms with Crippen molar-refractivity contribution >= 4 is 51.9 Å². The number of piperidine rings is 1. The molecule has 6 aromatic rings. The SMILES string of the molecule is COc1ccc(F)cc1C(=O)NCc1ccc(-c2nn(-c3ccc(N4CCC(CN5CCN(c6ccc7c(c6)CN([C@H]6CCC(=O)NC6=O)C7=O)CC5)C4)c(F)c3)c3ncnc(N)c23)cc1. The van der Waals surface area contributed by atoms with E-state index in [1.165, 1.54) is 31.6 Å². The molecular formula is C48H47F2N11O5. The molecule has 338 valence electrons. The molecule has 0 aliphatic carbocycles. The smallest absolute Gasteiger partial charge is 0.255 e. The molecule has 2 aromatic heterocycles. The van der Waals surface area contributed by atoms with Crippen LogP contribution in [0.4, 0.5) is 26.0 Å². The zero-order chi connectivity index (χ0) is 45.6. The van der Waals surface area contributed by atoms with E-state index in [4.69, 9.17) is 15.6 Å². The monoisotopic (exact) mass is 895 g/mol. The molecule has 4 aliphatic rings. The van der Waals surface area contributed by atoms with Gasteiger partial charge in [-0.1, -0.05) is 24.3 Å². The Labute approximate surface area is 378 Å². The van der Waals surface area contributed by atoms with Gasteiger partial charge in [-0.25, -0.2) is 23.4 Å². The molecule has 0 radical (unpaired) electrons. The summed E-state index contributed by atoms with van der Waals surface area (Å²) in [5.41, 5.74) is 12.5. The summed E-state index contributed by atoms with van der Waals surface area (Å²) in [6.07, 6.45) is 2.85. The zero-order valence-electron chi connectivity index (χ0n) is 36.2. The van der Waals surface area contributed by atoms with Gasteiger partial charge in [0.15, 0.2) is 5.65 Å². The molecule has 3 saturated heterocycles. The number of carbonyl (C=O) groups excluding carboxylic acids is 4. The molecular weight excluding hydrogens is 849 g/mol. The van der Waals surface area contributed by atoms with Crippen LogP contribution in [-0.4, -0.2) is 112 Å². The lowest BCUT2D eigenvalue weighted by Crippen LogP contribution is -2.52. The van der Waals surface area contributed by atoms with E-state index < -0.39 is 23.7 Å². The largest absolute Gasteiger partial charge is 0.496 e. The van der Waals surface area contributed by atoms with E-state index in [0.29, 0.717) is 58.1 Å². The van der Waals surface area contributed by atoms with Crippen LogP contribution in [-0.2, 0) is 22.7 Å². The minimum atomic E-state index is -0.637. The first kappa shape index (κ1) is 42.5. The summed E-state index contributed by atoms with van der Waals surface area (Å²) >= 11 is 0. The van der Waals surface area contributed by atoms with Crippen LogP contribution in [0.15, 0.2) is 85.2 Å². The van der Waals surface area contributed by atoms with Crippen molar-refractivity contribution in [1.82, 2.24) is 40.2 Å². The Kier molecular flexibility index (Phi) is 11.3. The second-order valence-corrected chi connectivity index (χ2v) is 17.2. The highest BCUT2D eigenvalue weighted by molar-refractivity contribution is 6.05. The van der Waals surface area contributed by atoms with Gasteiger partial charge < -0.3 is 30.5 Å². The average Bonchev–Trinajstić information content (AvgIpc) is 4.04. The quantitative estimate of drug-likeness (QED) is 0.153. The molecule has 4 aliphatic heterocycles. The molecule has 18 heteroatoms. The van der Waals surface area contributed by atoms with Gasteiger partial charge in [0.05, 0.1) is 29.4 Å². The third kappa shape index (κ3) is 8.12. The van der Waals surface area contributed by atoms with Crippen molar-refractivity contribution in [2.75, 3.05) is 68.5 Å². The molecule has 6 heterocycles. The number of piperazine rings is 1. The second-order valence-electron chi connectivity index (χ2n) is 17.2. The fourth-order valence-electron chi connectivity index (χ4n) is 9.67. The van der Waals surface area contributed by atoms with Gasteiger partial charge in [-0.05, 0) is 78.4 Å².